The first-order valence-corrected chi connectivity index (χ1v) is 5.88. The topological polar surface area (TPSA) is 43.8 Å². The largest absolute Gasteiger partial charge is 0.384 e. The van der Waals surface area contributed by atoms with Crippen molar-refractivity contribution in [3.05, 3.63) is 11.8 Å². The van der Waals surface area contributed by atoms with Gasteiger partial charge < -0.3 is 5.73 Å². The molecule has 0 radical (unpaired) electrons. The Labute approximate surface area is 95.8 Å². The summed E-state index contributed by atoms with van der Waals surface area (Å²) in [4.78, 5) is 0. The smallest absolute Gasteiger partial charge is 0.122 e. The molecule has 0 aliphatic heterocycles. The summed E-state index contributed by atoms with van der Waals surface area (Å²) >= 11 is 0. The zero-order valence-electron chi connectivity index (χ0n) is 10.2. The van der Waals surface area contributed by atoms with Gasteiger partial charge in [0.05, 0.1) is 11.2 Å². The van der Waals surface area contributed by atoms with Crippen LogP contribution in [0.1, 0.15) is 51.6 Å². The third kappa shape index (κ3) is 2.06. The number of halogens is 1. The van der Waals surface area contributed by atoms with Gasteiger partial charge in [0.25, 0.3) is 0 Å². The molecule has 3 nitrogen and oxygen atoms in total. The number of alkyl halides is 1. The van der Waals surface area contributed by atoms with Crippen LogP contribution in [0.15, 0.2) is 6.07 Å². The molecule has 2 rings (SSSR count). The second kappa shape index (κ2) is 3.75. The predicted octanol–water partition coefficient (Wildman–Crippen LogP) is 2.83. The van der Waals surface area contributed by atoms with E-state index in [0.29, 0.717) is 18.7 Å². The van der Waals surface area contributed by atoms with Crippen molar-refractivity contribution >= 4 is 5.82 Å². The van der Waals surface area contributed by atoms with Crippen LogP contribution < -0.4 is 5.73 Å². The number of aromatic nitrogens is 2. The maximum Gasteiger partial charge on any atom is 0.122 e. The summed E-state index contributed by atoms with van der Waals surface area (Å²) in [6, 6.07) is 1.90. The summed E-state index contributed by atoms with van der Waals surface area (Å²) in [7, 11) is 0. The first-order valence-electron chi connectivity index (χ1n) is 5.88. The minimum Gasteiger partial charge on any atom is -0.384 e. The van der Waals surface area contributed by atoms with Gasteiger partial charge in [-0.1, -0.05) is 0 Å². The van der Waals surface area contributed by atoms with Crippen LogP contribution in [0.4, 0.5) is 10.2 Å². The first-order chi connectivity index (χ1) is 7.38. The molecule has 0 aromatic carbocycles. The van der Waals surface area contributed by atoms with Gasteiger partial charge in [-0.05, 0) is 40.0 Å². The lowest BCUT2D eigenvalue weighted by molar-refractivity contribution is 0.336. The normalized spacial score (nSPS) is 26.2. The van der Waals surface area contributed by atoms with E-state index in [-0.39, 0.29) is 11.5 Å². The van der Waals surface area contributed by atoms with Gasteiger partial charge in [-0.3, -0.25) is 0 Å². The van der Waals surface area contributed by atoms with Crippen molar-refractivity contribution in [2.45, 2.75) is 57.7 Å². The Balaban J connectivity index is 2.24. The number of nitrogen functional groups attached to an aromatic ring is 1. The number of nitrogens with two attached hydrogens (primary N) is 1. The van der Waals surface area contributed by atoms with E-state index in [1.54, 1.807) is 0 Å². The van der Waals surface area contributed by atoms with Crippen molar-refractivity contribution in [1.29, 1.82) is 0 Å². The van der Waals surface area contributed by atoms with Crippen molar-refractivity contribution in [3.63, 3.8) is 0 Å². The minimum atomic E-state index is -0.661. The Kier molecular flexibility index (Phi) is 2.68. The summed E-state index contributed by atoms with van der Waals surface area (Å²) in [6.07, 6.45) is 1.49. The lowest BCUT2D eigenvalue weighted by Gasteiger charge is -2.20. The van der Waals surface area contributed by atoms with E-state index in [2.05, 4.69) is 25.9 Å². The van der Waals surface area contributed by atoms with Crippen LogP contribution in [0.5, 0.6) is 0 Å². The Morgan fingerprint density at radius 1 is 1.44 bits per heavy atom. The third-order valence-electron chi connectivity index (χ3n) is 3.18. The zero-order valence-corrected chi connectivity index (χ0v) is 10.2. The summed E-state index contributed by atoms with van der Waals surface area (Å²) < 4.78 is 15.0. The summed E-state index contributed by atoms with van der Waals surface area (Å²) in [5.41, 5.74) is 6.77. The molecule has 4 heteroatoms. The van der Waals surface area contributed by atoms with Crippen LogP contribution in [0.3, 0.4) is 0 Å². The highest BCUT2D eigenvalue weighted by Gasteiger charge is 2.29. The van der Waals surface area contributed by atoms with Crippen molar-refractivity contribution in [3.8, 4) is 0 Å². The van der Waals surface area contributed by atoms with Crippen molar-refractivity contribution < 1.29 is 4.39 Å². The van der Waals surface area contributed by atoms with Crippen LogP contribution in [0, 0.1) is 0 Å². The molecule has 0 bridgehead atoms. The van der Waals surface area contributed by atoms with Gasteiger partial charge >= 0.3 is 0 Å². The van der Waals surface area contributed by atoms with Crippen molar-refractivity contribution in [2.75, 3.05) is 5.73 Å². The number of hydrogen-bond donors (Lipinski definition) is 1. The molecule has 0 saturated heterocycles. The number of rotatable bonds is 1. The zero-order chi connectivity index (χ0) is 11.9. The molecular weight excluding hydrogens is 205 g/mol. The first kappa shape index (κ1) is 11.4. The van der Waals surface area contributed by atoms with Gasteiger partial charge in [-0.15, -0.1) is 0 Å². The Morgan fingerprint density at radius 3 is 2.56 bits per heavy atom. The van der Waals surface area contributed by atoms with Gasteiger partial charge in [-0.25, -0.2) is 9.07 Å². The molecular formula is C12H20FN3. The fourth-order valence-corrected chi connectivity index (χ4v) is 2.35. The van der Waals surface area contributed by atoms with Crippen LogP contribution in [0.25, 0.3) is 0 Å². The van der Waals surface area contributed by atoms with E-state index in [1.165, 1.54) is 0 Å². The number of nitrogens with zero attached hydrogens (tertiary/aromatic N) is 2. The standard InChI is InChI=1S/C12H20FN3/c1-12(2,3)16-11(14)7-10(15-16)8-4-5-9(13)6-8/h7-9H,4-6,14H2,1-3H3/t8-,9-/m1/s1. The van der Waals surface area contributed by atoms with E-state index in [0.717, 1.165) is 12.1 Å². The second-order valence-corrected chi connectivity index (χ2v) is 5.68. The van der Waals surface area contributed by atoms with Gasteiger partial charge in [0.15, 0.2) is 0 Å². The average molecular weight is 225 g/mol. The lowest BCUT2D eigenvalue weighted by Crippen LogP contribution is -2.24. The molecule has 2 atom stereocenters. The van der Waals surface area contributed by atoms with Gasteiger partial charge in [0, 0.05) is 12.0 Å². The van der Waals surface area contributed by atoms with Crippen LogP contribution in [-0.4, -0.2) is 16.0 Å². The summed E-state index contributed by atoms with van der Waals surface area (Å²) in [6.45, 7) is 6.19. The highest BCUT2D eigenvalue weighted by molar-refractivity contribution is 5.34. The van der Waals surface area contributed by atoms with E-state index >= 15 is 0 Å². The molecule has 16 heavy (non-hydrogen) atoms. The minimum absolute atomic E-state index is 0.115. The summed E-state index contributed by atoms with van der Waals surface area (Å²) in [5.74, 6) is 0.922. The number of anilines is 1. The van der Waals surface area contributed by atoms with Crippen LogP contribution in [0.2, 0.25) is 0 Å². The molecule has 1 fully saturated rings. The Bertz CT molecular complexity index is 378. The van der Waals surface area contributed by atoms with E-state index in [1.807, 2.05) is 10.7 Å². The van der Waals surface area contributed by atoms with Crippen LogP contribution >= 0.6 is 0 Å². The highest BCUT2D eigenvalue weighted by atomic mass is 19.1. The monoisotopic (exact) mass is 225 g/mol. The lowest BCUT2D eigenvalue weighted by atomic mass is 10.0. The number of hydrogen-bond acceptors (Lipinski definition) is 2. The SMILES string of the molecule is CC(C)(C)n1nc([C@@H]2CC[C@@H](F)C2)cc1N. The molecule has 1 saturated carbocycles. The second-order valence-electron chi connectivity index (χ2n) is 5.68. The molecule has 1 aromatic rings. The molecule has 1 heterocycles. The van der Waals surface area contributed by atoms with Gasteiger partial charge in [0.1, 0.15) is 12.0 Å². The van der Waals surface area contributed by atoms with E-state index < -0.39 is 6.17 Å². The molecule has 0 unspecified atom stereocenters. The molecule has 1 aliphatic rings. The third-order valence-corrected chi connectivity index (χ3v) is 3.18. The molecule has 1 aliphatic carbocycles. The molecule has 0 spiro atoms. The average Bonchev–Trinajstić information content (AvgIpc) is 2.70. The molecule has 90 valence electrons. The predicted molar refractivity (Wildman–Crippen MR) is 63.1 cm³/mol. The van der Waals surface area contributed by atoms with Crippen molar-refractivity contribution in [1.82, 2.24) is 9.78 Å². The van der Waals surface area contributed by atoms with E-state index in [4.69, 9.17) is 5.73 Å². The maximum absolute atomic E-state index is 13.1. The van der Waals surface area contributed by atoms with Crippen LogP contribution in [-0.2, 0) is 5.54 Å². The Morgan fingerprint density at radius 2 is 2.12 bits per heavy atom. The molecule has 0 amide bonds. The van der Waals surface area contributed by atoms with Gasteiger partial charge in [0.2, 0.25) is 0 Å². The fraction of sp³-hybridized carbons (Fsp3) is 0.750. The van der Waals surface area contributed by atoms with E-state index in [9.17, 15) is 4.39 Å². The fourth-order valence-electron chi connectivity index (χ4n) is 2.35. The van der Waals surface area contributed by atoms with Gasteiger partial charge in [-0.2, -0.15) is 5.10 Å². The highest BCUT2D eigenvalue weighted by Crippen LogP contribution is 2.36. The molecule has 1 aromatic heterocycles. The maximum atomic E-state index is 13.1. The van der Waals surface area contributed by atoms with Crippen molar-refractivity contribution in [2.24, 2.45) is 0 Å². The molecule has 2 N–H and O–H groups in total. The Hall–Kier alpha value is -1.06. The quantitative estimate of drug-likeness (QED) is 0.798. The summed E-state index contributed by atoms with van der Waals surface area (Å²) in [5, 5.41) is 4.52.